The summed E-state index contributed by atoms with van der Waals surface area (Å²) in [4.78, 5) is 0. The molecule has 0 N–H and O–H groups in total. The zero-order valence-electron chi connectivity index (χ0n) is 8.32. The first-order valence-corrected chi connectivity index (χ1v) is 5.64. The summed E-state index contributed by atoms with van der Waals surface area (Å²) in [7, 11) is 0. The lowest BCUT2D eigenvalue weighted by Gasteiger charge is -2.39. The summed E-state index contributed by atoms with van der Waals surface area (Å²) in [5.74, 6) is -0.00618. The molecule has 0 aromatic heterocycles. The Labute approximate surface area is 82.9 Å². The number of halogens is 3. The lowest BCUT2D eigenvalue weighted by Crippen LogP contribution is -2.34. The van der Waals surface area contributed by atoms with Crippen molar-refractivity contribution in [2.75, 3.05) is 0 Å². The van der Waals surface area contributed by atoms with Crippen LogP contribution in [0.15, 0.2) is 0 Å². The first-order valence-electron chi connectivity index (χ1n) is 5.64. The number of rotatable bonds is 0. The maximum Gasteiger partial charge on any atom is 0.391 e. The van der Waals surface area contributed by atoms with Crippen molar-refractivity contribution in [3.05, 3.63) is 0 Å². The zero-order valence-corrected chi connectivity index (χ0v) is 8.32. The van der Waals surface area contributed by atoms with Crippen LogP contribution < -0.4 is 0 Å². The molecule has 0 amide bonds. The molecule has 14 heavy (non-hydrogen) atoms. The quantitative estimate of drug-likeness (QED) is 0.558. The Morgan fingerprint density at radius 1 is 0.786 bits per heavy atom. The Morgan fingerprint density at radius 3 is 2.07 bits per heavy atom. The van der Waals surface area contributed by atoms with Gasteiger partial charge in [0.2, 0.25) is 0 Å². The van der Waals surface area contributed by atoms with Crippen LogP contribution >= 0.6 is 0 Å². The predicted octanol–water partition coefficient (Wildman–Crippen LogP) is 4.16. The Balaban J connectivity index is 1.96. The van der Waals surface area contributed by atoms with E-state index in [0.717, 1.165) is 19.3 Å². The van der Waals surface area contributed by atoms with E-state index in [4.69, 9.17) is 0 Å². The van der Waals surface area contributed by atoms with Crippen LogP contribution in [0, 0.1) is 17.8 Å². The average molecular weight is 206 g/mol. The van der Waals surface area contributed by atoms with Gasteiger partial charge in [-0.15, -0.1) is 0 Å². The molecular formula is C11H17F3. The molecule has 0 saturated heterocycles. The van der Waals surface area contributed by atoms with Gasteiger partial charge in [-0.3, -0.25) is 0 Å². The highest BCUT2D eigenvalue weighted by Gasteiger charge is 2.44. The van der Waals surface area contributed by atoms with Crippen molar-refractivity contribution in [1.82, 2.24) is 0 Å². The number of hydrogen-bond acceptors (Lipinski definition) is 0. The molecule has 2 unspecified atom stereocenters. The fourth-order valence-electron chi connectivity index (χ4n) is 3.17. The molecule has 2 aliphatic carbocycles. The molecule has 2 aliphatic rings. The number of hydrogen-bond donors (Lipinski definition) is 0. The second kappa shape index (κ2) is 3.74. The van der Waals surface area contributed by atoms with Crippen LogP contribution in [0.2, 0.25) is 0 Å². The van der Waals surface area contributed by atoms with Gasteiger partial charge in [0.15, 0.2) is 0 Å². The van der Waals surface area contributed by atoms with Crippen molar-refractivity contribution in [1.29, 1.82) is 0 Å². The Morgan fingerprint density at radius 2 is 1.43 bits per heavy atom. The molecule has 0 nitrogen and oxygen atoms in total. The maximum atomic E-state index is 12.5. The fourth-order valence-corrected chi connectivity index (χ4v) is 3.17. The molecule has 0 radical (unpaired) electrons. The SMILES string of the molecule is FC(F)(F)[C@@H]1CCC2CCCCC2C1. The highest BCUT2D eigenvalue weighted by molar-refractivity contribution is 4.85. The van der Waals surface area contributed by atoms with Crippen molar-refractivity contribution in [2.45, 2.75) is 51.1 Å². The van der Waals surface area contributed by atoms with Gasteiger partial charge in [0.25, 0.3) is 0 Å². The van der Waals surface area contributed by atoms with E-state index < -0.39 is 12.1 Å². The van der Waals surface area contributed by atoms with Gasteiger partial charge in [-0.25, -0.2) is 0 Å². The second-order valence-electron chi connectivity index (χ2n) is 4.86. The smallest absolute Gasteiger partial charge is 0.171 e. The molecule has 2 fully saturated rings. The Bertz CT molecular complexity index is 197. The van der Waals surface area contributed by atoms with Gasteiger partial charge in [-0.2, -0.15) is 13.2 Å². The van der Waals surface area contributed by atoms with Gasteiger partial charge >= 0.3 is 6.18 Å². The standard InChI is InChI=1S/C11H17F3/c12-11(13,14)10-6-5-8-3-1-2-4-9(8)7-10/h8-10H,1-7H2/t8?,9?,10-/m1/s1. The normalized spacial score (nSPS) is 39.2. The maximum absolute atomic E-state index is 12.5. The lowest BCUT2D eigenvalue weighted by molar-refractivity contribution is -0.190. The van der Waals surface area contributed by atoms with E-state index in [0.29, 0.717) is 24.7 Å². The predicted molar refractivity (Wildman–Crippen MR) is 48.8 cm³/mol. The zero-order chi connectivity index (χ0) is 10.2. The van der Waals surface area contributed by atoms with Gasteiger partial charge in [0.05, 0.1) is 5.92 Å². The number of alkyl halides is 3. The van der Waals surface area contributed by atoms with Gasteiger partial charge in [0.1, 0.15) is 0 Å². The minimum absolute atomic E-state index is 0.379. The van der Waals surface area contributed by atoms with Crippen LogP contribution in [0.25, 0.3) is 0 Å². The lowest BCUT2D eigenvalue weighted by atomic mass is 9.67. The topological polar surface area (TPSA) is 0 Å². The monoisotopic (exact) mass is 206 g/mol. The Kier molecular flexibility index (Phi) is 2.76. The summed E-state index contributed by atoms with van der Waals surface area (Å²) >= 11 is 0. The van der Waals surface area contributed by atoms with Gasteiger partial charge in [0, 0.05) is 0 Å². The third-order valence-corrected chi connectivity index (χ3v) is 4.00. The van der Waals surface area contributed by atoms with Crippen molar-refractivity contribution in [3.63, 3.8) is 0 Å². The van der Waals surface area contributed by atoms with E-state index in [1.165, 1.54) is 12.8 Å². The highest BCUT2D eigenvalue weighted by Crippen LogP contribution is 2.47. The number of fused-ring (bicyclic) bond motifs is 1. The van der Waals surface area contributed by atoms with Crippen LogP contribution in [-0.4, -0.2) is 6.18 Å². The first kappa shape index (κ1) is 10.3. The Hall–Kier alpha value is -0.210. The molecule has 0 spiro atoms. The van der Waals surface area contributed by atoms with Crippen LogP contribution in [0.5, 0.6) is 0 Å². The van der Waals surface area contributed by atoms with Crippen molar-refractivity contribution < 1.29 is 13.2 Å². The van der Waals surface area contributed by atoms with Crippen LogP contribution in [0.3, 0.4) is 0 Å². The minimum atomic E-state index is -3.94. The molecule has 2 rings (SSSR count). The molecule has 0 aliphatic heterocycles. The molecule has 0 aromatic carbocycles. The van der Waals surface area contributed by atoms with E-state index in [-0.39, 0.29) is 0 Å². The summed E-state index contributed by atoms with van der Waals surface area (Å²) in [5.41, 5.74) is 0. The largest absolute Gasteiger partial charge is 0.391 e. The van der Waals surface area contributed by atoms with Gasteiger partial charge in [-0.05, 0) is 31.1 Å². The summed E-state index contributed by atoms with van der Waals surface area (Å²) in [5, 5.41) is 0. The van der Waals surface area contributed by atoms with E-state index in [2.05, 4.69) is 0 Å². The highest BCUT2D eigenvalue weighted by atomic mass is 19.4. The van der Waals surface area contributed by atoms with E-state index >= 15 is 0 Å². The van der Waals surface area contributed by atoms with E-state index in [1.54, 1.807) is 0 Å². The van der Waals surface area contributed by atoms with Crippen LogP contribution in [-0.2, 0) is 0 Å². The van der Waals surface area contributed by atoms with Crippen molar-refractivity contribution in [3.8, 4) is 0 Å². The second-order valence-corrected chi connectivity index (χ2v) is 4.86. The van der Waals surface area contributed by atoms with Crippen molar-refractivity contribution in [2.24, 2.45) is 17.8 Å². The summed E-state index contributed by atoms with van der Waals surface area (Å²) in [6.07, 6.45) is 2.26. The summed E-state index contributed by atoms with van der Waals surface area (Å²) in [6.45, 7) is 0. The van der Waals surface area contributed by atoms with E-state index in [9.17, 15) is 13.2 Å². The third kappa shape index (κ3) is 2.06. The van der Waals surface area contributed by atoms with Crippen LogP contribution in [0.4, 0.5) is 13.2 Å². The molecule has 82 valence electrons. The van der Waals surface area contributed by atoms with Gasteiger partial charge in [-0.1, -0.05) is 25.7 Å². The summed E-state index contributed by atoms with van der Waals surface area (Å²) in [6, 6.07) is 0. The minimum Gasteiger partial charge on any atom is -0.171 e. The fraction of sp³-hybridized carbons (Fsp3) is 1.00. The van der Waals surface area contributed by atoms with E-state index in [1.807, 2.05) is 0 Å². The molecule has 3 heteroatoms. The van der Waals surface area contributed by atoms with Crippen LogP contribution in [0.1, 0.15) is 44.9 Å². The van der Waals surface area contributed by atoms with Gasteiger partial charge < -0.3 is 0 Å². The molecular weight excluding hydrogens is 189 g/mol. The summed E-state index contributed by atoms with van der Waals surface area (Å²) < 4.78 is 37.5. The molecule has 0 heterocycles. The third-order valence-electron chi connectivity index (χ3n) is 4.00. The molecule has 0 aromatic rings. The molecule has 0 bridgehead atoms. The average Bonchev–Trinajstić information content (AvgIpc) is 2.16. The first-order chi connectivity index (χ1) is 6.57. The van der Waals surface area contributed by atoms with Crippen molar-refractivity contribution >= 4 is 0 Å². The molecule has 3 atom stereocenters. The molecule has 2 saturated carbocycles.